The van der Waals surface area contributed by atoms with Crippen molar-refractivity contribution in [1.82, 2.24) is 0 Å². The van der Waals surface area contributed by atoms with E-state index in [4.69, 9.17) is 32.7 Å². The lowest BCUT2D eigenvalue weighted by Crippen LogP contribution is -2.01. The van der Waals surface area contributed by atoms with Crippen LogP contribution in [0.25, 0.3) is 6.08 Å². The molecular weight excluding hydrogens is 534 g/mol. The maximum atomic E-state index is 12.4. The molecule has 0 fully saturated rings. The van der Waals surface area contributed by atoms with Gasteiger partial charge in [0.15, 0.2) is 17.3 Å². The number of hydrogen-bond acceptors (Lipinski definition) is 3. The zero-order valence-corrected chi connectivity index (χ0v) is 20.1. The van der Waals surface area contributed by atoms with Crippen molar-refractivity contribution in [2.24, 2.45) is 0 Å². The zero-order chi connectivity index (χ0) is 21.7. The van der Waals surface area contributed by atoms with Gasteiger partial charge in [-0.15, -0.1) is 0 Å². The molecule has 0 aromatic heterocycles. The lowest BCUT2D eigenvalue weighted by atomic mass is 10.1. The summed E-state index contributed by atoms with van der Waals surface area (Å²) in [6.45, 7) is 2.27. The number of benzene rings is 3. The minimum absolute atomic E-state index is 0.0540. The van der Waals surface area contributed by atoms with Gasteiger partial charge in [0, 0.05) is 21.2 Å². The van der Waals surface area contributed by atoms with E-state index in [1.807, 2.05) is 49.4 Å². The van der Waals surface area contributed by atoms with Crippen molar-refractivity contribution in [3.8, 4) is 11.5 Å². The summed E-state index contributed by atoms with van der Waals surface area (Å²) >= 11 is 14.4. The molecule has 3 rings (SSSR count). The number of hydrogen-bond donors (Lipinski definition) is 0. The first-order chi connectivity index (χ1) is 14.4. The molecule has 0 heterocycles. The number of carbonyl (C=O) groups excluding carboxylic acids is 1. The average Bonchev–Trinajstić information content (AvgIpc) is 2.72. The molecule has 0 saturated heterocycles. The summed E-state index contributed by atoms with van der Waals surface area (Å²) in [7, 11) is 1.58. The topological polar surface area (TPSA) is 35.5 Å². The van der Waals surface area contributed by atoms with Crippen molar-refractivity contribution < 1.29 is 14.3 Å². The summed E-state index contributed by atoms with van der Waals surface area (Å²) < 4.78 is 12.3. The molecule has 6 heteroatoms. The first kappa shape index (κ1) is 22.7. The Balaban J connectivity index is 1.77. The van der Waals surface area contributed by atoms with Gasteiger partial charge in [-0.2, -0.15) is 0 Å². The molecule has 0 aliphatic heterocycles. The molecule has 3 aromatic rings. The van der Waals surface area contributed by atoms with E-state index in [9.17, 15) is 4.79 Å². The number of methoxy groups -OCH3 is 1. The van der Waals surface area contributed by atoms with Gasteiger partial charge in [0.05, 0.1) is 10.7 Å². The van der Waals surface area contributed by atoms with E-state index in [1.54, 1.807) is 31.4 Å². The van der Waals surface area contributed by atoms with Crippen LogP contribution in [-0.4, -0.2) is 12.9 Å². The van der Waals surface area contributed by atoms with E-state index in [2.05, 4.69) is 22.6 Å². The van der Waals surface area contributed by atoms with Crippen LogP contribution in [0, 0.1) is 10.5 Å². The maximum absolute atomic E-state index is 12.4. The van der Waals surface area contributed by atoms with Crippen LogP contribution in [0.15, 0.2) is 60.7 Å². The minimum atomic E-state index is -0.0540. The third-order valence-corrected chi connectivity index (χ3v) is 5.79. The summed E-state index contributed by atoms with van der Waals surface area (Å²) in [4.78, 5) is 12.4. The third-order valence-electron chi connectivity index (χ3n) is 4.40. The molecule has 0 aliphatic carbocycles. The van der Waals surface area contributed by atoms with Crippen LogP contribution in [-0.2, 0) is 6.61 Å². The van der Waals surface area contributed by atoms with Gasteiger partial charge in [-0.3, -0.25) is 4.79 Å². The Morgan fingerprint density at radius 3 is 2.47 bits per heavy atom. The van der Waals surface area contributed by atoms with E-state index in [1.165, 1.54) is 0 Å². The molecule has 0 spiro atoms. The first-order valence-electron chi connectivity index (χ1n) is 9.10. The highest BCUT2D eigenvalue weighted by Crippen LogP contribution is 2.35. The molecule has 0 unspecified atom stereocenters. The number of ketones is 1. The van der Waals surface area contributed by atoms with E-state index in [-0.39, 0.29) is 12.4 Å². The van der Waals surface area contributed by atoms with Crippen LogP contribution in [0.1, 0.15) is 27.0 Å². The van der Waals surface area contributed by atoms with Gasteiger partial charge in [0.25, 0.3) is 0 Å². The molecule has 0 bridgehead atoms. The summed E-state index contributed by atoms with van der Waals surface area (Å²) in [6, 6.07) is 16.5. The predicted molar refractivity (Wildman–Crippen MR) is 131 cm³/mol. The van der Waals surface area contributed by atoms with Gasteiger partial charge in [0.2, 0.25) is 0 Å². The van der Waals surface area contributed by atoms with Crippen molar-refractivity contribution in [2.75, 3.05) is 7.11 Å². The van der Waals surface area contributed by atoms with E-state index >= 15 is 0 Å². The molecule has 0 atom stereocenters. The minimum Gasteiger partial charge on any atom is -0.493 e. The van der Waals surface area contributed by atoms with Gasteiger partial charge < -0.3 is 9.47 Å². The van der Waals surface area contributed by atoms with Gasteiger partial charge >= 0.3 is 0 Å². The average molecular weight is 553 g/mol. The molecule has 0 radical (unpaired) electrons. The van der Waals surface area contributed by atoms with E-state index < -0.39 is 0 Å². The Morgan fingerprint density at radius 2 is 1.80 bits per heavy atom. The summed E-state index contributed by atoms with van der Waals surface area (Å²) in [5, 5.41) is 1.12. The standard InChI is InChI=1S/C24H19Cl2IO3/c1-15-3-6-17(7-4-15)22(28)10-5-16-11-21(27)24(23(12-16)29-2)30-14-18-8-9-19(25)13-20(18)26/h3-13H,14H2,1-2H3/b10-5+. The summed E-state index contributed by atoms with van der Waals surface area (Å²) in [5.41, 5.74) is 3.43. The van der Waals surface area contributed by atoms with Crippen molar-refractivity contribution in [3.63, 3.8) is 0 Å². The highest BCUT2D eigenvalue weighted by atomic mass is 127. The summed E-state index contributed by atoms with van der Waals surface area (Å²) in [6.07, 6.45) is 3.33. The van der Waals surface area contributed by atoms with Crippen LogP contribution < -0.4 is 9.47 Å². The monoisotopic (exact) mass is 552 g/mol. The molecule has 154 valence electrons. The lowest BCUT2D eigenvalue weighted by Gasteiger charge is -2.14. The molecule has 0 aliphatic rings. The highest BCUT2D eigenvalue weighted by molar-refractivity contribution is 14.1. The first-order valence-corrected chi connectivity index (χ1v) is 10.9. The van der Waals surface area contributed by atoms with Crippen LogP contribution in [0.4, 0.5) is 0 Å². The molecular formula is C24H19Cl2IO3. The second-order valence-corrected chi connectivity index (χ2v) is 8.63. The fourth-order valence-corrected chi connectivity index (χ4v) is 3.99. The normalized spacial score (nSPS) is 11.0. The number of ether oxygens (including phenoxy) is 2. The Morgan fingerprint density at radius 1 is 1.07 bits per heavy atom. The predicted octanol–water partition coefficient (Wildman–Crippen LogP) is 7.39. The van der Waals surface area contributed by atoms with Gasteiger partial charge in [-0.1, -0.05) is 65.2 Å². The van der Waals surface area contributed by atoms with Gasteiger partial charge in [-0.05, 0) is 65.4 Å². The molecule has 0 N–H and O–H groups in total. The fraction of sp³-hybridized carbons (Fsp3) is 0.125. The molecule has 0 saturated carbocycles. The Labute approximate surface area is 199 Å². The Hall–Kier alpha value is -2.02. The second-order valence-electron chi connectivity index (χ2n) is 6.62. The smallest absolute Gasteiger partial charge is 0.185 e. The summed E-state index contributed by atoms with van der Waals surface area (Å²) in [5.74, 6) is 1.14. The Kier molecular flexibility index (Phi) is 7.81. The number of halogens is 3. The van der Waals surface area contributed by atoms with E-state index in [0.29, 0.717) is 27.1 Å². The van der Waals surface area contributed by atoms with Gasteiger partial charge in [0.1, 0.15) is 6.61 Å². The van der Waals surface area contributed by atoms with Crippen LogP contribution in [0.5, 0.6) is 11.5 Å². The SMILES string of the molecule is COc1cc(/C=C/C(=O)c2ccc(C)cc2)cc(I)c1OCc1ccc(Cl)cc1Cl. The van der Waals surface area contributed by atoms with Crippen LogP contribution in [0.2, 0.25) is 10.0 Å². The highest BCUT2D eigenvalue weighted by Gasteiger charge is 2.13. The molecule has 3 nitrogen and oxygen atoms in total. The third kappa shape index (κ3) is 5.78. The fourth-order valence-electron chi connectivity index (χ4n) is 2.75. The second kappa shape index (κ2) is 10.3. The van der Waals surface area contributed by atoms with Crippen molar-refractivity contribution in [3.05, 3.63) is 96.5 Å². The number of aryl methyl sites for hydroxylation is 1. The van der Waals surface area contributed by atoms with E-state index in [0.717, 1.165) is 20.3 Å². The number of carbonyl (C=O) groups is 1. The van der Waals surface area contributed by atoms with Crippen LogP contribution >= 0.6 is 45.8 Å². The van der Waals surface area contributed by atoms with Crippen molar-refractivity contribution in [1.29, 1.82) is 0 Å². The maximum Gasteiger partial charge on any atom is 0.185 e. The molecule has 0 amide bonds. The quantitative estimate of drug-likeness (QED) is 0.174. The van der Waals surface area contributed by atoms with Crippen molar-refractivity contribution >= 4 is 57.7 Å². The largest absolute Gasteiger partial charge is 0.493 e. The number of allylic oxidation sites excluding steroid dienone is 1. The zero-order valence-electron chi connectivity index (χ0n) is 16.4. The van der Waals surface area contributed by atoms with Crippen LogP contribution in [0.3, 0.4) is 0 Å². The van der Waals surface area contributed by atoms with Crippen molar-refractivity contribution in [2.45, 2.75) is 13.5 Å². The number of rotatable bonds is 7. The molecule has 3 aromatic carbocycles. The Bertz CT molecular complexity index is 1090. The molecule has 30 heavy (non-hydrogen) atoms. The van der Waals surface area contributed by atoms with Gasteiger partial charge in [-0.25, -0.2) is 0 Å². The lowest BCUT2D eigenvalue weighted by molar-refractivity contribution is 0.104.